The Morgan fingerprint density at radius 2 is 2.00 bits per heavy atom. The number of hydrogen-bond donors (Lipinski definition) is 0. The van der Waals surface area contributed by atoms with Gasteiger partial charge in [-0.3, -0.25) is 0 Å². The summed E-state index contributed by atoms with van der Waals surface area (Å²) in [6, 6.07) is 0. The second kappa shape index (κ2) is 2.86. The molecule has 0 aromatic heterocycles. The predicted octanol–water partition coefficient (Wildman–Crippen LogP) is 0.704. The predicted molar refractivity (Wildman–Crippen MR) is 31.2 cm³/mol. The third-order valence-corrected chi connectivity index (χ3v) is 1.11. The van der Waals surface area contributed by atoms with E-state index in [2.05, 4.69) is 6.92 Å². The fraction of sp³-hybridized carbons (Fsp3) is 0.800. The highest BCUT2D eigenvalue weighted by atomic mass is 24.3. The number of rotatable bonds is 1. The van der Waals surface area contributed by atoms with Crippen LogP contribution in [-0.4, -0.2) is 23.1 Å². The smallest absolute Gasteiger partial charge is 0.0530 e. The Morgan fingerprint density at radius 3 is 2.00 bits per heavy atom. The third kappa shape index (κ3) is 2.03. The Balaban J connectivity index is 0.000000250. The standard InChI is InChI=1S/C5H9.Mg.2H/c1-2-5-3-4-5;;;/h5H,1-4H2;;;. The maximum atomic E-state index is 3.75. The molecule has 1 rings (SSSR count). The fourth-order valence-corrected chi connectivity index (χ4v) is 0.407. The monoisotopic (exact) mass is 95.1 g/mol. The minimum Gasteiger partial charge on any atom is -0.0530 e. The van der Waals surface area contributed by atoms with Gasteiger partial charge in [0.1, 0.15) is 0 Å². The molecule has 0 aromatic carbocycles. The van der Waals surface area contributed by atoms with Crippen LogP contribution in [0, 0.1) is 12.8 Å². The number of hydrogen-bond acceptors (Lipinski definition) is 0. The average molecular weight is 95.4 g/mol. The molecule has 1 saturated carbocycles. The highest BCUT2D eigenvalue weighted by Crippen LogP contribution is 2.31. The first-order valence-corrected chi connectivity index (χ1v) is 2.22. The van der Waals surface area contributed by atoms with E-state index in [1.165, 1.54) is 19.3 Å². The van der Waals surface area contributed by atoms with Crippen molar-refractivity contribution in [1.29, 1.82) is 0 Å². The van der Waals surface area contributed by atoms with Crippen LogP contribution in [0.15, 0.2) is 0 Å². The lowest BCUT2D eigenvalue weighted by Gasteiger charge is -1.72. The highest BCUT2D eigenvalue weighted by Gasteiger charge is 2.17. The molecule has 0 aromatic rings. The van der Waals surface area contributed by atoms with E-state index in [1.54, 1.807) is 0 Å². The van der Waals surface area contributed by atoms with Crippen molar-refractivity contribution < 1.29 is 0 Å². The lowest BCUT2D eigenvalue weighted by Crippen LogP contribution is -1.60. The largest absolute Gasteiger partial charge is 0.316 e. The minimum absolute atomic E-state index is 0. The van der Waals surface area contributed by atoms with Crippen LogP contribution in [0.1, 0.15) is 19.3 Å². The van der Waals surface area contributed by atoms with Gasteiger partial charge in [-0.05, 0) is 5.92 Å². The van der Waals surface area contributed by atoms with E-state index in [0.29, 0.717) is 0 Å². The SMILES string of the molecule is [CH2]CC1CC1.[MgH2]. The van der Waals surface area contributed by atoms with Crippen molar-refractivity contribution in [3.05, 3.63) is 6.92 Å². The van der Waals surface area contributed by atoms with E-state index in [4.69, 9.17) is 0 Å². The normalized spacial score (nSPS) is 19.5. The van der Waals surface area contributed by atoms with Gasteiger partial charge in [0.15, 0.2) is 0 Å². The van der Waals surface area contributed by atoms with Gasteiger partial charge in [0, 0.05) is 0 Å². The molecule has 1 radical (unpaired) electrons. The molecule has 0 N–H and O–H groups in total. The lowest BCUT2D eigenvalue weighted by molar-refractivity contribution is 0.860. The van der Waals surface area contributed by atoms with E-state index in [-0.39, 0.29) is 23.1 Å². The summed E-state index contributed by atoms with van der Waals surface area (Å²) in [7, 11) is 0. The second-order valence-electron chi connectivity index (χ2n) is 1.73. The molecule has 0 aliphatic heterocycles. The maximum absolute atomic E-state index is 3.75. The van der Waals surface area contributed by atoms with Crippen molar-refractivity contribution in [2.75, 3.05) is 0 Å². The molecular weight excluding hydrogens is 84.4 g/mol. The van der Waals surface area contributed by atoms with Crippen molar-refractivity contribution >= 4 is 23.1 Å². The molecule has 0 unspecified atom stereocenters. The second-order valence-corrected chi connectivity index (χ2v) is 1.73. The van der Waals surface area contributed by atoms with Gasteiger partial charge in [-0.1, -0.05) is 26.2 Å². The molecule has 1 fully saturated rings. The molecule has 0 nitrogen and oxygen atoms in total. The third-order valence-electron chi connectivity index (χ3n) is 1.11. The van der Waals surface area contributed by atoms with Gasteiger partial charge >= 0.3 is 23.1 Å². The van der Waals surface area contributed by atoms with Crippen LogP contribution in [0.2, 0.25) is 0 Å². The summed E-state index contributed by atoms with van der Waals surface area (Å²) in [5, 5.41) is 0. The van der Waals surface area contributed by atoms with Gasteiger partial charge < -0.3 is 0 Å². The zero-order chi connectivity index (χ0) is 3.70. The zero-order valence-corrected chi connectivity index (χ0v) is 3.41. The van der Waals surface area contributed by atoms with Crippen LogP contribution in [0.3, 0.4) is 0 Å². The Morgan fingerprint density at radius 1 is 1.50 bits per heavy atom. The summed E-state index contributed by atoms with van der Waals surface area (Å²) in [6.45, 7) is 3.75. The van der Waals surface area contributed by atoms with Crippen molar-refractivity contribution in [3.8, 4) is 0 Å². The Hall–Kier alpha value is 0.766. The van der Waals surface area contributed by atoms with Gasteiger partial charge in [-0.2, -0.15) is 0 Å². The van der Waals surface area contributed by atoms with Gasteiger partial charge in [0.05, 0.1) is 0 Å². The van der Waals surface area contributed by atoms with Gasteiger partial charge in [0.2, 0.25) is 0 Å². The minimum atomic E-state index is 0. The van der Waals surface area contributed by atoms with E-state index in [1.807, 2.05) is 0 Å². The van der Waals surface area contributed by atoms with Crippen LogP contribution in [-0.2, 0) is 0 Å². The molecule has 0 amide bonds. The van der Waals surface area contributed by atoms with Crippen LogP contribution in [0.25, 0.3) is 0 Å². The molecule has 0 spiro atoms. The van der Waals surface area contributed by atoms with Crippen molar-refractivity contribution in [2.45, 2.75) is 19.3 Å². The molecular formula is C5H11Mg. The Labute approximate surface area is 55.5 Å². The molecule has 1 aliphatic rings. The Kier molecular flexibility index (Phi) is 3.23. The topological polar surface area (TPSA) is 0 Å². The summed E-state index contributed by atoms with van der Waals surface area (Å²) in [5.74, 6) is 1.02. The first-order chi connectivity index (χ1) is 2.43. The molecule has 0 saturated heterocycles. The first kappa shape index (κ1) is 6.77. The molecule has 6 heavy (non-hydrogen) atoms. The molecule has 0 bridgehead atoms. The molecule has 33 valence electrons. The van der Waals surface area contributed by atoms with Crippen molar-refractivity contribution in [1.82, 2.24) is 0 Å². The fourth-order valence-electron chi connectivity index (χ4n) is 0.407. The zero-order valence-electron chi connectivity index (χ0n) is 3.41. The van der Waals surface area contributed by atoms with Gasteiger partial charge in [-0.25, -0.2) is 0 Å². The first-order valence-electron chi connectivity index (χ1n) is 2.22. The Bertz CT molecular complexity index is 30.9. The quantitative estimate of drug-likeness (QED) is 0.421. The lowest BCUT2D eigenvalue weighted by atomic mass is 10.3. The van der Waals surface area contributed by atoms with Crippen LogP contribution < -0.4 is 0 Å². The molecule has 0 atom stereocenters. The van der Waals surface area contributed by atoms with Crippen molar-refractivity contribution in [2.24, 2.45) is 5.92 Å². The average Bonchev–Trinajstić information content (AvgIpc) is 2.12. The molecule has 0 heterocycles. The van der Waals surface area contributed by atoms with E-state index >= 15 is 0 Å². The van der Waals surface area contributed by atoms with Crippen molar-refractivity contribution in [3.63, 3.8) is 0 Å². The summed E-state index contributed by atoms with van der Waals surface area (Å²) in [4.78, 5) is 0. The van der Waals surface area contributed by atoms with Gasteiger partial charge in [-0.15, -0.1) is 0 Å². The molecule has 1 heteroatoms. The summed E-state index contributed by atoms with van der Waals surface area (Å²) in [6.07, 6.45) is 4.06. The van der Waals surface area contributed by atoms with Gasteiger partial charge in [0.25, 0.3) is 0 Å². The van der Waals surface area contributed by atoms with E-state index in [9.17, 15) is 0 Å². The summed E-state index contributed by atoms with van der Waals surface area (Å²) < 4.78 is 0. The highest BCUT2D eigenvalue weighted by molar-refractivity contribution is 5.75. The van der Waals surface area contributed by atoms with Crippen LogP contribution in [0.5, 0.6) is 0 Å². The molecule has 1 aliphatic carbocycles. The summed E-state index contributed by atoms with van der Waals surface area (Å²) >= 11 is 0. The van der Waals surface area contributed by atoms with E-state index < -0.39 is 0 Å². The maximum Gasteiger partial charge on any atom is 0.316 e. The van der Waals surface area contributed by atoms with Crippen LogP contribution >= 0.6 is 0 Å². The van der Waals surface area contributed by atoms with E-state index in [0.717, 1.165) is 5.92 Å². The summed E-state index contributed by atoms with van der Waals surface area (Å²) in [5.41, 5.74) is 0. The van der Waals surface area contributed by atoms with Crippen LogP contribution in [0.4, 0.5) is 0 Å².